The fourth-order valence-corrected chi connectivity index (χ4v) is 3.66. The molecule has 0 aliphatic heterocycles. The average Bonchev–Trinajstić information content (AvgIpc) is 2.72. The third-order valence-electron chi connectivity index (χ3n) is 5.50. The topological polar surface area (TPSA) is 43.7 Å². The second kappa shape index (κ2) is 9.62. The van der Waals surface area contributed by atoms with E-state index in [4.69, 9.17) is 0 Å². The monoisotopic (exact) mass is 389 g/mol. The molecule has 0 aliphatic rings. The molecule has 0 saturated heterocycles. The van der Waals surface area contributed by atoms with Gasteiger partial charge in [-0.2, -0.15) is 0 Å². The second-order valence-corrected chi connectivity index (χ2v) is 7.99. The van der Waals surface area contributed by atoms with Gasteiger partial charge in [-0.25, -0.2) is 0 Å². The van der Waals surface area contributed by atoms with Gasteiger partial charge in [0.15, 0.2) is 0 Å². The van der Waals surface area contributed by atoms with Crippen LogP contribution in [0.1, 0.15) is 36.5 Å². The van der Waals surface area contributed by atoms with E-state index in [9.17, 15) is 10.2 Å². The highest BCUT2D eigenvalue weighted by Gasteiger charge is 2.12. The van der Waals surface area contributed by atoms with Crippen LogP contribution in [-0.4, -0.2) is 35.3 Å². The van der Waals surface area contributed by atoms with Gasteiger partial charge in [0.25, 0.3) is 0 Å². The van der Waals surface area contributed by atoms with E-state index in [2.05, 4.69) is 25.8 Å². The number of aromatic hydroxyl groups is 2. The van der Waals surface area contributed by atoms with Crippen molar-refractivity contribution in [1.82, 2.24) is 4.90 Å². The lowest BCUT2D eigenvalue weighted by molar-refractivity contribution is 0.338. The van der Waals surface area contributed by atoms with Crippen molar-refractivity contribution >= 4 is 0 Å². The van der Waals surface area contributed by atoms with Crippen LogP contribution in [0.3, 0.4) is 0 Å². The highest BCUT2D eigenvalue weighted by molar-refractivity contribution is 5.71. The zero-order valence-electron chi connectivity index (χ0n) is 17.6. The van der Waals surface area contributed by atoms with Gasteiger partial charge in [-0.1, -0.05) is 80.6 Å². The molecular weight excluding hydrogens is 358 g/mol. The summed E-state index contributed by atoms with van der Waals surface area (Å²) >= 11 is 0. The fourth-order valence-electron chi connectivity index (χ4n) is 3.66. The van der Waals surface area contributed by atoms with Crippen molar-refractivity contribution in [2.75, 3.05) is 20.1 Å². The highest BCUT2D eigenvalue weighted by Crippen LogP contribution is 2.32. The molecule has 3 rings (SSSR count). The summed E-state index contributed by atoms with van der Waals surface area (Å²) in [6.45, 7) is 5.90. The van der Waals surface area contributed by atoms with E-state index in [1.807, 2.05) is 66.7 Å². The molecule has 0 fully saturated rings. The van der Waals surface area contributed by atoms with E-state index in [1.165, 1.54) is 0 Å². The zero-order chi connectivity index (χ0) is 20.8. The number of nitrogens with zero attached hydrogens (tertiary/aromatic N) is 1. The van der Waals surface area contributed by atoms with Crippen LogP contribution in [-0.2, 0) is 12.8 Å². The fraction of sp³-hybridized carbons (Fsp3) is 0.308. The van der Waals surface area contributed by atoms with Crippen molar-refractivity contribution in [1.29, 1.82) is 0 Å². The van der Waals surface area contributed by atoms with E-state index in [1.54, 1.807) is 0 Å². The van der Waals surface area contributed by atoms with Crippen molar-refractivity contribution in [3.8, 4) is 22.6 Å². The van der Waals surface area contributed by atoms with E-state index in [-0.39, 0.29) is 0 Å². The van der Waals surface area contributed by atoms with Crippen LogP contribution in [0, 0.1) is 0 Å². The number of likely N-dealkylation sites (N-methyl/N-ethyl adjacent to an activating group) is 1. The Morgan fingerprint density at radius 2 is 1.31 bits per heavy atom. The van der Waals surface area contributed by atoms with Gasteiger partial charge in [-0.15, -0.1) is 0 Å². The zero-order valence-corrected chi connectivity index (χ0v) is 17.6. The van der Waals surface area contributed by atoms with Crippen LogP contribution in [0.4, 0.5) is 0 Å². The third kappa shape index (κ3) is 5.18. The lowest BCUT2D eigenvalue weighted by Gasteiger charge is -2.19. The SMILES string of the molecule is CC(C)c1cccc(CCN(C)CCc2cccc(-c3ccccc3)c2O)c1O. The second-order valence-electron chi connectivity index (χ2n) is 7.99. The number of rotatable bonds is 8. The first kappa shape index (κ1) is 20.9. The molecule has 0 radical (unpaired) electrons. The molecule has 0 aromatic heterocycles. The van der Waals surface area contributed by atoms with Gasteiger partial charge in [0.05, 0.1) is 0 Å². The minimum Gasteiger partial charge on any atom is -0.507 e. The van der Waals surface area contributed by atoms with Crippen molar-refractivity contribution in [3.63, 3.8) is 0 Å². The lowest BCUT2D eigenvalue weighted by atomic mass is 9.97. The predicted octanol–water partition coefficient (Wildman–Crippen LogP) is 5.61. The molecule has 3 nitrogen and oxygen atoms in total. The molecule has 0 atom stereocenters. The normalized spacial score (nSPS) is 11.3. The van der Waals surface area contributed by atoms with Gasteiger partial charge in [0, 0.05) is 18.7 Å². The molecule has 3 heteroatoms. The molecule has 3 aromatic rings. The van der Waals surface area contributed by atoms with Gasteiger partial charge in [0.1, 0.15) is 11.5 Å². The molecule has 0 bridgehead atoms. The number of phenols is 2. The molecule has 0 heterocycles. The Hall–Kier alpha value is -2.78. The maximum Gasteiger partial charge on any atom is 0.126 e. The molecular formula is C26H31NO2. The van der Waals surface area contributed by atoms with Crippen LogP contribution in [0.2, 0.25) is 0 Å². The molecule has 2 N–H and O–H groups in total. The maximum atomic E-state index is 10.7. The minimum atomic E-state index is 0.313. The quantitative estimate of drug-likeness (QED) is 0.527. The summed E-state index contributed by atoms with van der Waals surface area (Å²) in [6, 6.07) is 22.0. The predicted molar refractivity (Wildman–Crippen MR) is 121 cm³/mol. The van der Waals surface area contributed by atoms with Gasteiger partial charge in [-0.3, -0.25) is 0 Å². The largest absolute Gasteiger partial charge is 0.507 e. The summed E-state index contributed by atoms with van der Waals surface area (Å²) in [5.41, 5.74) is 4.87. The summed E-state index contributed by atoms with van der Waals surface area (Å²) in [6.07, 6.45) is 1.58. The number of hydrogen-bond acceptors (Lipinski definition) is 3. The summed E-state index contributed by atoms with van der Waals surface area (Å²) in [5, 5.41) is 21.2. The Balaban J connectivity index is 1.61. The Morgan fingerprint density at radius 3 is 1.93 bits per heavy atom. The maximum absolute atomic E-state index is 10.7. The molecule has 152 valence electrons. The molecule has 3 aromatic carbocycles. The Labute approximate surface area is 174 Å². The van der Waals surface area contributed by atoms with Crippen molar-refractivity contribution in [2.45, 2.75) is 32.6 Å². The Bertz CT molecular complexity index is 935. The number of phenolic OH excluding ortho intramolecular Hbond substituents is 2. The van der Waals surface area contributed by atoms with E-state index in [0.29, 0.717) is 17.4 Å². The smallest absolute Gasteiger partial charge is 0.126 e. The first-order valence-corrected chi connectivity index (χ1v) is 10.3. The minimum absolute atomic E-state index is 0.313. The third-order valence-corrected chi connectivity index (χ3v) is 5.50. The summed E-state index contributed by atoms with van der Waals surface area (Å²) < 4.78 is 0. The lowest BCUT2D eigenvalue weighted by Crippen LogP contribution is -2.24. The van der Waals surface area contributed by atoms with Crippen LogP contribution >= 0.6 is 0 Å². The van der Waals surface area contributed by atoms with Crippen LogP contribution in [0.15, 0.2) is 66.7 Å². The van der Waals surface area contributed by atoms with Gasteiger partial charge >= 0.3 is 0 Å². The van der Waals surface area contributed by atoms with Crippen LogP contribution < -0.4 is 0 Å². The van der Waals surface area contributed by atoms with E-state index < -0.39 is 0 Å². The summed E-state index contributed by atoms with van der Waals surface area (Å²) in [5.74, 6) is 1.12. The molecule has 0 aliphatic carbocycles. The van der Waals surface area contributed by atoms with Gasteiger partial charge in [-0.05, 0) is 48.1 Å². The molecule has 0 amide bonds. The number of benzene rings is 3. The standard InChI is InChI=1S/C26H31NO2/c1-19(2)23-13-7-11-21(25(23)28)15-17-27(3)18-16-22-12-8-14-24(26(22)29)20-9-5-4-6-10-20/h4-14,19,28-29H,15-18H2,1-3H3. The molecule has 0 unspecified atom stereocenters. The summed E-state index contributed by atoms with van der Waals surface area (Å²) in [4.78, 5) is 2.25. The highest BCUT2D eigenvalue weighted by atomic mass is 16.3. The first-order valence-electron chi connectivity index (χ1n) is 10.3. The van der Waals surface area contributed by atoms with Crippen LogP contribution in [0.5, 0.6) is 11.5 Å². The van der Waals surface area contributed by atoms with Crippen molar-refractivity contribution in [2.24, 2.45) is 0 Å². The summed E-state index contributed by atoms with van der Waals surface area (Å²) in [7, 11) is 2.08. The average molecular weight is 390 g/mol. The molecule has 0 spiro atoms. The van der Waals surface area contributed by atoms with Gasteiger partial charge in [0.2, 0.25) is 0 Å². The molecule has 0 saturated carbocycles. The van der Waals surface area contributed by atoms with E-state index in [0.717, 1.165) is 53.7 Å². The van der Waals surface area contributed by atoms with Crippen LogP contribution in [0.25, 0.3) is 11.1 Å². The molecule has 29 heavy (non-hydrogen) atoms. The number of hydrogen-bond donors (Lipinski definition) is 2. The van der Waals surface area contributed by atoms with Gasteiger partial charge < -0.3 is 15.1 Å². The van der Waals surface area contributed by atoms with Crippen molar-refractivity contribution in [3.05, 3.63) is 83.4 Å². The number of para-hydroxylation sites is 2. The van der Waals surface area contributed by atoms with Crippen molar-refractivity contribution < 1.29 is 10.2 Å². The Kier molecular flexibility index (Phi) is 6.95. The van der Waals surface area contributed by atoms with E-state index >= 15 is 0 Å². The first-order chi connectivity index (χ1) is 14.0. The Morgan fingerprint density at radius 1 is 0.724 bits per heavy atom.